The fourth-order valence-electron chi connectivity index (χ4n) is 2.43. The van der Waals surface area contributed by atoms with E-state index in [-0.39, 0.29) is 34.0 Å². The fourth-order valence-corrected chi connectivity index (χ4v) is 2.68. The second kappa shape index (κ2) is 8.11. The molecule has 1 aromatic heterocycles. The second-order valence-corrected chi connectivity index (χ2v) is 5.97. The standard InChI is InChI=1S/C17H18ClFN2O4/c1-3-4-8-12(17(23)24)20-16(22)13-9(2)25-21-15(13)14-10(18)6-5-7-11(14)19/h5-7,12H,3-4,8H2,1-2H3,(H,20,22)(H,23,24)/t12-/m0/s1. The smallest absolute Gasteiger partial charge is 0.326 e. The number of nitrogens with zero attached hydrogens (tertiary/aromatic N) is 1. The van der Waals surface area contributed by atoms with Crippen LogP contribution >= 0.6 is 11.6 Å². The number of unbranched alkanes of at least 4 members (excludes halogenated alkanes) is 1. The van der Waals surface area contributed by atoms with Crippen LogP contribution in [0.15, 0.2) is 22.7 Å². The van der Waals surface area contributed by atoms with Crippen LogP contribution in [-0.4, -0.2) is 28.2 Å². The van der Waals surface area contributed by atoms with Crippen molar-refractivity contribution in [1.82, 2.24) is 10.5 Å². The third-order valence-electron chi connectivity index (χ3n) is 3.74. The minimum absolute atomic E-state index is 0.0326. The van der Waals surface area contributed by atoms with E-state index in [0.717, 1.165) is 6.42 Å². The van der Waals surface area contributed by atoms with Crippen LogP contribution in [0.1, 0.15) is 42.3 Å². The highest BCUT2D eigenvalue weighted by atomic mass is 35.5. The Balaban J connectivity index is 2.38. The lowest BCUT2D eigenvalue weighted by molar-refractivity contribution is -0.139. The van der Waals surface area contributed by atoms with Gasteiger partial charge in [0.25, 0.3) is 5.91 Å². The number of rotatable bonds is 7. The number of hydrogen-bond donors (Lipinski definition) is 2. The zero-order valence-electron chi connectivity index (χ0n) is 13.8. The summed E-state index contributed by atoms with van der Waals surface area (Å²) < 4.78 is 19.2. The first-order valence-corrected chi connectivity index (χ1v) is 8.18. The van der Waals surface area contributed by atoms with Crippen LogP contribution in [0.3, 0.4) is 0 Å². The SMILES string of the molecule is CCCC[C@H](NC(=O)c1c(-c2c(F)cccc2Cl)noc1C)C(=O)O. The van der Waals surface area contributed by atoms with Crippen molar-refractivity contribution < 1.29 is 23.6 Å². The number of nitrogens with one attached hydrogen (secondary N) is 1. The first-order valence-electron chi connectivity index (χ1n) is 7.81. The van der Waals surface area contributed by atoms with E-state index >= 15 is 0 Å². The number of aryl methyl sites for hydroxylation is 1. The molecule has 2 N–H and O–H groups in total. The van der Waals surface area contributed by atoms with Crippen LogP contribution in [-0.2, 0) is 4.79 Å². The van der Waals surface area contributed by atoms with Crippen molar-refractivity contribution in [2.45, 2.75) is 39.2 Å². The predicted octanol–water partition coefficient (Wildman–Crippen LogP) is 3.82. The van der Waals surface area contributed by atoms with E-state index < -0.39 is 23.7 Å². The molecule has 1 aromatic carbocycles. The highest BCUT2D eigenvalue weighted by Gasteiger charge is 2.28. The number of aliphatic carboxylic acids is 1. The van der Waals surface area contributed by atoms with Gasteiger partial charge in [0.15, 0.2) is 0 Å². The maximum Gasteiger partial charge on any atom is 0.326 e. The lowest BCUT2D eigenvalue weighted by Gasteiger charge is -2.14. The van der Waals surface area contributed by atoms with Gasteiger partial charge in [-0.15, -0.1) is 0 Å². The zero-order chi connectivity index (χ0) is 18.6. The van der Waals surface area contributed by atoms with Crippen molar-refractivity contribution in [3.63, 3.8) is 0 Å². The highest BCUT2D eigenvalue weighted by molar-refractivity contribution is 6.33. The van der Waals surface area contributed by atoms with Gasteiger partial charge in [-0.1, -0.05) is 42.6 Å². The lowest BCUT2D eigenvalue weighted by Crippen LogP contribution is -2.41. The maximum absolute atomic E-state index is 14.2. The molecule has 1 amide bonds. The van der Waals surface area contributed by atoms with Gasteiger partial charge in [-0.3, -0.25) is 4.79 Å². The molecule has 2 aromatic rings. The quantitative estimate of drug-likeness (QED) is 0.775. The van der Waals surface area contributed by atoms with Crippen molar-refractivity contribution >= 4 is 23.5 Å². The molecule has 6 nitrogen and oxygen atoms in total. The molecule has 8 heteroatoms. The zero-order valence-corrected chi connectivity index (χ0v) is 14.6. The van der Waals surface area contributed by atoms with Crippen LogP contribution in [0, 0.1) is 12.7 Å². The summed E-state index contributed by atoms with van der Waals surface area (Å²) in [6.07, 6.45) is 1.73. The van der Waals surface area contributed by atoms with Gasteiger partial charge in [-0.2, -0.15) is 0 Å². The molecule has 0 radical (unpaired) electrons. The maximum atomic E-state index is 14.2. The van der Waals surface area contributed by atoms with E-state index in [2.05, 4.69) is 10.5 Å². The van der Waals surface area contributed by atoms with Gasteiger partial charge in [0.05, 0.1) is 10.6 Å². The van der Waals surface area contributed by atoms with E-state index in [1.54, 1.807) is 0 Å². The fraction of sp³-hybridized carbons (Fsp3) is 0.353. The first-order chi connectivity index (χ1) is 11.9. The Morgan fingerprint density at radius 2 is 2.16 bits per heavy atom. The van der Waals surface area contributed by atoms with E-state index in [4.69, 9.17) is 16.1 Å². The molecule has 0 bridgehead atoms. The van der Waals surface area contributed by atoms with Gasteiger partial charge in [-0.05, 0) is 25.5 Å². The summed E-state index contributed by atoms with van der Waals surface area (Å²) in [5, 5.41) is 15.5. The molecule has 0 aliphatic heterocycles. The third kappa shape index (κ3) is 4.17. The molecule has 134 valence electrons. The monoisotopic (exact) mass is 368 g/mol. The van der Waals surface area contributed by atoms with Gasteiger partial charge in [-0.25, -0.2) is 9.18 Å². The van der Waals surface area contributed by atoms with Gasteiger partial charge >= 0.3 is 5.97 Å². The second-order valence-electron chi connectivity index (χ2n) is 5.57. The number of halogens is 2. The number of benzene rings is 1. The Kier molecular flexibility index (Phi) is 6.14. The van der Waals surface area contributed by atoms with Crippen LogP contribution < -0.4 is 5.32 Å². The molecule has 1 heterocycles. The van der Waals surface area contributed by atoms with Crippen molar-refractivity contribution in [2.75, 3.05) is 0 Å². The number of carbonyl (C=O) groups excluding carboxylic acids is 1. The minimum Gasteiger partial charge on any atom is -0.480 e. The molecule has 1 atom stereocenters. The molecule has 2 rings (SSSR count). The summed E-state index contributed by atoms with van der Waals surface area (Å²) in [6, 6.07) is 3.03. The molecular formula is C17H18ClFN2O4. The summed E-state index contributed by atoms with van der Waals surface area (Å²) in [5.74, 6) is -2.35. The summed E-state index contributed by atoms with van der Waals surface area (Å²) >= 11 is 6.03. The number of carboxylic acid groups (broad SMARTS) is 1. The molecule has 0 saturated heterocycles. The average molecular weight is 369 g/mol. The molecule has 0 spiro atoms. The van der Waals surface area contributed by atoms with Crippen molar-refractivity contribution in [3.8, 4) is 11.3 Å². The Hall–Kier alpha value is -2.41. The van der Waals surface area contributed by atoms with Crippen LogP contribution in [0.2, 0.25) is 5.02 Å². The lowest BCUT2D eigenvalue weighted by atomic mass is 10.0. The third-order valence-corrected chi connectivity index (χ3v) is 4.05. The number of aromatic nitrogens is 1. The van der Waals surface area contributed by atoms with Crippen molar-refractivity contribution in [2.24, 2.45) is 0 Å². The summed E-state index contributed by atoms with van der Waals surface area (Å²) in [5.41, 5.74) is -0.154. The Bertz CT molecular complexity index is 771. The van der Waals surface area contributed by atoms with E-state index in [1.165, 1.54) is 25.1 Å². The summed E-state index contributed by atoms with van der Waals surface area (Å²) in [7, 11) is 0. The van der Waals surface area contributed by atoms with Crippen LogP contribution in [0.5, 0.6) is 0 Å². The largest absolute Gasteiger partial charge is 0.480 e. The Morgan fingerprint density at radius 1 is 1.44 bits per heavy atom. The van der Waals surface area contributed by atoms with Gasteiger partial charge in [0.1, 0.15) is 28.9 Å². The van der Waals surface area contributed by atoms with Gasteiger partial charge < -0.3 is 14.9 Å². The van der Waals surface area contributed by atoms with Crippen LogP contribution in [0.25, 0.3) is 11.3 Å². The number of amides is 1. The molecule has 0 aliphatic rings. The van der Waals surface area contributed by atoms with Gasteiger partial charge in [0, 0.05) is 0 Å². The normalized spacial score (nSPS) is 12.0. The molecule has 0 fully saturated rings. The molecule has 0 saturated carbocycles. The Morgan fingerprint density at radius 3 is 2.76 bits per heavy atom. The molecule has 0 aliphatic carbocycles. The molecular weight excluding hydrogens is 351 g/mol. The van der Waals surface area contributed by atoms with E-state index in [9.17, 15) is 19.1 Å². The van der Waals surface area contributed by atoms with Crippen molar-refractivity contribution in [3.05, 3.63) is 40.4 Å². The first kappa shape index (κ1) is 18.9. The number of carbonyl (C=O) groups is 2. The number of hydrogen-bond acceptors (Lipinski definition) is 4. The molecule has 25 heavy (non-hydrogen) atoms. The van der Waals surface area contributed by atoms with Gasteiger partial charge in [0.2, 0.25) is 0 Å². The van der Waals surface area contributed by atoms with E-state index in [1.807, 2.05) is 6.92 Å². The van der Waals surface area contributed by atoms with E-state index in [0.29, 0.717) is 6.42 Å². The average Bonchev–Trinajstić information content (AvgIpc) is 2.92. The summed E-state index contributed by atoms with van der Waals surface area (Å²) in [6.45, 7) is 3.41. The predicted molar refractivity (Wildman–Crippen MR) is 90.1 cm³/mol. The number of carboxylic acids is 1. The van der Waals surface area contributed by atoms with Crippen LogP contribution in [0.4, 0.5) is 4.39 Å². The Labute approximate surface area is 149 Å². The highest BCUT2D eigenvalue weighted by Crippen LogP contribution is 2.33. The van der Waals surface area contributed by atoms with Crippen molar-refractivity contribution in [1.29, 1.82) is 0 Å². The summed E-state index contributed by atoms with van der Waals surface area (Å²) in [4.78, 5) is 23.9. The minimum atomic E-state index is -1.14. The topological polar surface area (TPSA) is 92.4 Å². The molecule has 0 unspecified atom stereocenters.